The van der Waals surface area contributed by atoms with Crippen molar-refractivity contribution in [1.29, 1.82) is 0 Å². The molecule has 1 aromatic rings. The molecule has 80 valence electrons. The Balaban J connectivity index is 2.23. The summed E-state index contributed by atoms with van der Waals surface area (Å²) in [5.41, 5.74) is 0.810. The van der Waals surface area contributed by atoms with Crippen LogP contribution in [0.4, 0.5) is 0 Å². The van der Waals surface area contributed by atoms with Crippen molar-refractivity contribution >= 4 is 29.5 Å². The molecule has 0 bridgehead atoms. The fourth-order valence-electron chi connectivity index (χ4n) is 2.03. The first kappa shape index (κ1) is 11.0. The van der Waals surface area contributed by atoms with Gasteiger partial charge >= 0.3 is 0 Å². The molecule has 3 heteroatoms. The average molecular weight is 243 g/mol. The lowest BCUT2D eigenvalue weighted by Crippen LogP contribution is -2.33. The lowest BCUT2D eigenvalue weighted by Gasteiger charge is -2.37. The molecule has 0 atom stereocenters. The van der Waals surface area contributed by atoms with Crippen molar-refractivity contribution in [2.24, 2.45) is 5.41 Å². The Labute approximate surface area is 99.4 Å². The number of carbonyl (C=O) groups excluding carboxylic acids is 1. The van der Waals surface area contributed by atoms with Crippen molar-refractivity contribution < 1.29 is 4.79 Å². The second-order valence-corrected chi connectivity index (χ2v) is 5.01. The fourth-order valence-corrected chi connectivity index (χ4v) is 2.42. The minimum absolute atomic E-state index is 0.172. The molecule has 0 aromatic heterocycles. The molecule has 0 radical (unpaired) electrons. The zero-order valence-electron chi connectivity index (χ0n) is 8.30. The minimum atomic E-state index is -0.172. The van der Waals surface area contributed by atoms with Crippen LogP contribution in [0.5, 0.6) is 0 Å². The number of aldehydes is 1. The van der Waals surface area contributed by atoms with Crippen LogP contribution in [0.3, 0.4) is 0 Å². The Hall–Kier alpha value is -0.530. The van der Waals surface area contributed by atoms with Crippen molar-refractivity contribution in [3.05, 3.63) is 33.8 Å². The summed E-state index contributed by atoms with van der Waals surface area (Å²) in [7, 11) is 0. The number of hydrogen-bond donors (Lipinski definition) is 0. The lowest BCUT2D eigenvalue weighted by atomic mass is 9.66. The van der Waals surface area contributed by atoms with Gasteiger partial charge in [0.05, 0.1) is 10.0 Å². The summed E-state index contributed by atoms with van der Waals surface area (Å²) in [5.74, 6) is 0. The first-order valence-corrected chi connectivity index (χ1v) is 5.82. The van der Waals surface area contributed by atoms with E-state index in [9.17, 15) is 4.79 Å². The predicted octanol–water partition coefficient (Wildman–Crippen LogP) is 3.91. The summed E-state index contributed by atoms with van der Waals surface area (Å²) in [6, 6.07) is 5.58. The Kier molecular flexibility index (Phi) is 3.03. The van der Waals surface area contributed by atoms with E-state index in [0.717, 1.165) is 37.5 Å². The number of carbonyl (C=O) groups is 1. The molecule has 1 aliphatic rings. The zero-order valence-corrected chi connectivity index (χ0v) is 9.81. The number of rotatable bonds is 3. The highest BCUT2D eigenvalue weighted by Gasteiger charge is 2.37. The van der Waals surface area contributed by atoms with E-state index in [0.29, 0.717) is 10.0 Å². The van der Waals surface area contributed by atoms with Crippen LogP contribution in [-0.2, 0) is 11.2 Å². The van der Waals surface area contributed by atoms with Crippen molar-refractivity contribution in [2.75, 3.05) is 0 Å². The van der Waals surface area contributed by atoms with Gasteiger partial charge in [-0.25, -0.2) is 0 Å². The molecule has 1 fully saturated rings. The molecule has 15 heavy (non-hydrogen) atoms. The highest BCUT2D eigenvalue weighted by atomic mass is 35.5. The molecular weight excluding hydrogens is 231 g/mol. The van der Waals surface area contributed by atoms with Crippen LogP contribution in [0.2, 0.25) is 10.0 Å². The molecule has 0 saturated heterocycles. The van der Waals surface area contributed by atoms with Crippen molar-refractivity contribution in [2.45, 2.75) is 25.7 Å². The van der Waals surface area contributed by atoms with Crippen LogP contribution in [-0.4, -0.2) is 6.29 Å². The first-order valence-electron chi connectivity index (χ1n) is 5.06. The molecular formula is C12H12Cl2O. The van der Waals surface area contributed by atoms with E-state index < -0.39 is 0 Å². The Morgan fingerprint density at radius 3 is 2.60 bits per heavy atom. The van der Waals surface area contributed by atoms with E-state index in [1.165, 1.54) is 0 Å². The maximum absolute atomic E-state index is 11.0. The maximum Gasteiger partial charge on any atom is 0.126 e. The molecule has 1 saturated carbocycles. The van der Waals surface area contributed by atoms with Gasteiger partial charge in [0.15, 0.2) is 0 Å². The smallest absolute Gasteiger partial charge is 0.126 e. The van der Waals surface area contributed by atoms with Gasteiger partial charge in [-0.1, -0.05) is 41.8 Å². The molecule has 2 rings (SSSR count). The quantitative estimate of drug-likeness (QED) is 0.735. The number of benzene rings is 1. The van der Waals surface area contributed by atoms with E-state index >= 15 is 0 Å². The maximum atomic E-state index is 11.0. The molecule has 1 aliphatic carbocycles. The van der Waals surface area contributed by atoms with Gasteiger partial charge in [0.1, 0.15) is 6.29 Å². The molecule has 0 aliphatic heterocycles. The van der Waals surface area contributed by atoms with Gasteiger partial charge in [0, 0.05) is 5.41 Å². The third kappa shape index (κ3) is 2.04. The third-order valence-corrected chi connectivity index (χ3v) is 4.03. The van der Waals surface area contributed by atoms with Crippen molar-refractivity contribution in [3.8, 4) is 0 Å². The van der Waals surface area contributed by atoms with E-state index in [1.54, 1.807) is 6.07 Å². The predicted molar refractivity (Wildman–Crippen MR) is 62.5 cm³/mol. The first-order chi connectivity index (χ1) is 7.17. The molecule has 0 spiro atoms. The van der Waals surface area contributed by atoms with E-state index in [4.69, 9.17) is 23.2 Å². The van der Waals surface area contributed by atoms with Gasteiger partial charge in [-0.15, -0.1) is 0 Å². The van der Waals surface area contributed by atoms with Crippen molar-refractivity contribution in [3.63, 3.8) is 0 Å². The Morgan fingerprint density at radius 2 is 2.07 bits per heavy atom. The highest BCUT2D eigenvalue weighted by molar-refractivity contribution is 6.42. The van der Waals surface area contributed by atoms with Crippen LogP contribution in [0.25, 0.3) is 0 Å². The second kappa shape index (κ2) is 4.15. The van der Waals surface area contributed by atoms with Gasteiger partial charge in [0.25, 0.3) is 0 Å². The van der Waals surface area contributed by atoms with Gasteiger partial charge in [-0.3, -0.25) is 0 Å². The van der Waals surface area contributed by atoms with E-state index in [2.05, 4.69) is 0 Å². The summed E-state index contributed by atoms with van der Waals surface area (Å²) in [6.07, 6.45) is 4.87. The summed E-state index contributed by atoms with van der Waals surface area (Å²) in [5, 5.41) is 1.15. The minimum Gasteiger partial charge on any atom is -0.303 e. The van der Waals surface area contributed by atoms with E-state index in [1.807, 2.05) is 12.1 Å². The van der Waals surface area contributed by atoms with Gasteiger partial charge in [-0.05, 0) is 30.9 Å². The molecule has 1 aromatic carbocycles. The normalized spacial score (nSPS) is 18.3. The van der Waals surface area contributed by atoms with E-state index in [-0.39, 0.29) is 5.41 Å². The summed E-state index contributed by atoms with van der Waals surface area (Å²) in [4.78, 5) is 11.0. The topological polar surface area (TPSA) is 17.1 Å². The third-order valence-electron chi connectivity index (χ3n) is 3.17. The van der Waals surface area contributed by atoms with Crippen LogP contribution < -0.4 is 0 Å². The van der Waals surface area contributed by atoms with Gasteiger partial charge in [0.2, 0.25) is 0 Å². The molecule has 0 N–H and O–H groups in total. The largest absolute Gasteiger partial charge is 0.303 e. The monoisotopic (exact) mass is 242 g/mol. The fraction of sp³-hybridized carbons (Fsp3) is 0.417. The van der Waals surface area contributed by atoms with Gasteiger partial charge < -0.3 is 4.79 Å². The molecule has 0 heterocycles. The standard InChI is InChI=1S/C12H12Cl2O/c13-10-4-1-3-9(11(10)14)7-12(8-15)5-2-6-12/h1,3-4,8H,2,5-7H2. The summed E-state index contributed by atoms with van der Waals surface area (Å²) < 4.78 is 0. The SMILES string of the molecule is O=CC1(Cc2cccc(Cl)c2Cl)CCC1. The Bertz CT molecular complexity index is 383. The zero-order chi connectivity index (χ0) is 10.9. The summed E-state index contributed by atoms with van der Waals surface area (Å²) >= 11 is 12.0. The Morgan fingerprint density at radius 1 is 1.33 bits per heavy atom. The van der Waals surface area contributed by atoms with Gasteiger partial charge in [-0.2, -0.15) is 0 Å². The number of halogens is 2. The van der Waals surface area contributed by atoms with Crippen LogP contribution in [0, 0.1) is 5.41 Å². The average Bonchev–Trinajstić information content (AvgIpc) is 2.18. The van der Waals surface area contributed by atoms with Crippen LogP contribution in [0.1, 0.15) is 24.8 Å². The molecule has 1 nitrogen and oxygen atoms in total. The molecule has 0 amide bonds. The van der Waals surface area contributed by atoms with Crippen LogP contribution >= 0.6 is 23.2 Å². The number of hydrogen-bond acceptors (Lipinski definition) is 1. The lowest BCUT2D eigenvalue weighted by molar-refractivity contribution is -0.120. The summed E-state index contributed by atoms with van der Waals surface area (Å²) in [6.45, 7) is 0. The second-order valence-electron chi connectivity index (χ2n) is 4.22. The molecule has 0 unspecified atom stereocenters. The highest BCUT2D eigenvalue weighted by Crippen LogP contribution is 2.43. The van der Waals surface area contributed by atoms with Crippen molar-refractivity contribution in [1.82, 2.24) is 0 Å². The van der Waals surface area contributed by atoms with Crippen LogP contribution in [0.15, 0.2) is 18.2 Å².